The van der Waals surface area contributed by atoms with Crippen molar-refractivity contribution in [3.8, 4) is 0 Å². The van der Waals surface area contributed by atoms with Crippen molar-refractivity contribution in [3.63, 3.8) is 0 Å². The molecule has 2 N–H and O–H groups in total. The average molecular weight is 352 g/mol. The van der Waals surface area contributed by atoms with Crippen molar-refractivity contribution < 1.29 is 14.0 Å². The molecule has 26 heavy (non-hydrogen) atoms. The maximum absolute atomic E-state index is 12.1. The van der Waals surface area contributed by atoms with E-state index in [1.165, 1.54) is 0 Å². The lowest BCUT2D eigenvalue weighted by Crippen LogP contribution is -2.36. The second-order valence-corrected chi connectivity index (χ2v) is 6.00. The number of nitrogens with zero attached hydrogens (tertiary/aromatic N) is 2. The number of rotatable bonds is 5. The Hall–Kier alpha value is -3.35. The molecule has 0 spiro atoms. The lowest BCUT2D eigenvalue weighted by atomic mass is 10.2. The van der Waals surface area contributed by atoms with Gasteiger partial charge in [-0.05, 0) is 49.7 Å². The molecule has 0 saturated carbocycles. The van der Waals surface area contributed by atoms with E-state index in [-0.39, 0.29) is 0 Å². The predicted octanol–water partition coefficient (Wildman–Crippen LogP) is 2.65. The molecule has 0 radical (unpaired) electrons. The third-order valence-corrected chi connectivity index (χ3v) is 3.83. The third kappa shape index (κ3) is 4.38. The van der Waals surface area contributed by atoms with Crippen molar-refractivity contribution in [2.75, 3.05) is 5.32 Å². The number of benzene rings is 1. The molecule has 0 aliphatic carbocycles. The maximum Gasteiger partial charge on any atom is 0.313 e. The number of aryl methyl sites for hydroxylation is 1. The van der Waals surface area contributed by atoms with Crippen LogP contribution in [0.15, 0.2) is 59.3 Å². The number of aromatic nitrogens is 2. The summed E-state index contributed by atoms with van der Waals surface area (Å²) >= 11 is 0. The number of anilines is 1. The van der Waals surface area contributed by atoms with E-state index < -0.39 is 17.9 Å². The van der Waals surface area contributed by atoms with Gasteiger partial charge in [0.05, 0.1) is 12.6 Å². The normalized spacial score (nSPS) is 11.8. The van der Waals surface area contributed by atoms with Crippen LogP contribution < -0.4 is 10.6 Å². The highest BCUT2D eigenvalue weighted by molar-refractivity contribution is 6.39. The summed E-state index contributed by atoms with van der Waals surface area (Å²) in [7, 11) is 0. The van der Waals surface area contributed by atoms with Crippen molar-refractivity contribution in [1.29, 1.82) is 0 Å². The zero-order valence-corrected chi connectivity index (χ0v) is 14.6. The first-order valence-electron chi connectivity index (χ1n) is 8.26. The van der Waals surface area contributed by atoms with Crippen molar-refractivity contribution in [2.24, 2.45) is 0 Å². The molecule has 7 nitrogen and oxygen atoms in total. The molecule has 1 aromatic carbocycles. The lowest BCUT2D eigenvalue weighted by molar-refractivity contribution is -0.136. The van der Waals surface area contributed by atoms with Gasteiger partial charge in [0.15, 0.2) is 0 Å². The fourth-order valence-corrected chi connectivity index (χ4v) is 2.54. The molecule has 3 aromatic rings. The smallest absolute Gasteiger partial charge is 0.313 e. The van der Waals surface area contributed by atoms with Crippen LogP contribution in [0, 0.1) is 6.92 Å². The first kappa shape index (κ1) is 17.5. The van der Waals surface area contributed by atoms with Crippen molar-refractivity contribution in [1.82, 2.24) is 15.1 Å². The van der Waals surface area contributed by atoms with E-state index in [4.69, 9.17) is 4.42 Å². The summed E-state index contributed by atoms with van der Waals surface area (Å²) < 4.78 is 7.23. The number of hydrogen-bond donors (Lipinski definition) is 2. The van der Waals surface area contributed by atoms with E-state index in [0.29, 0.717) is 18.0 Å². The average Bonchev–Trinajstić information content (AvgIpc) is 3.26. The van der Waals surface area contributed by atoms with Gasteiger partial charge in [-0.2, -0.15) is 5.10 Å². The van der Waals surface area contributed by atoms with E-state index in [2.05, 4.69) is 15.7 Å². The molecule has 0 aliphatic heterocycles. The van der Waals surface area contributed by atoms with Crippen LogP contribution in [0.4, 0.5) is 5.69 Å². The lowest BCUT2D eigenvalue weighted by Gasteiger charge is -2.12. The SMILES string of the molecule is Cc1ccc([C@H](C)NC(=O)C(=O)Nc2cccc(Cn3cccn3)c2)o1. The molecule has 1 atom stereocenters. The Morgan fingerprint density at radius 1 is 1.19 bits per heavy atom. The summed E-state index contributed by atoms with van der Waals surface area (Å²) in [5, 5.41) is 9.38. The Balaban J connectivity index is 1.59. The maximum atomic E-state index is 12.1. The van der Waals surface area contributed by atoms with Crippen LogP contribution in [0.1, 0.15) is 30.0 Å². The van der Waals surface area contributed by atoms with Gasteiger partial charge in [0, 0.05) is 18.1 Å². The number of nitrogens with one attached hydrogen (secondary N) is 2. The zero-order valence-electron chi connectivity index (χ0n) is 14.6. The fourth-order valence-electron chi connectivity index (χ4n) is 2.54. The summed E-state index contributed by atoms with van der Waals surface area (Å²) in [6.07, 6.45) is 3.56. The van der Waals surface area contributed by atoms with Crippen molar-refractivity contribution in [3.05, 3.63) is 71.9 Å². The van der Waals surface area contributed by atoms with E-state index in [1.807, 2.05) is 43.5 Å². The molecular formula is C19H20N4O3. The molecule has 3 rings (SSSR count). The largest absolute Gasteiger partial charge is 0.464 e. The number of hydrogen-bond acceptors (Lipinski definition) is 4. The van der Waals surface area contributed by atoms with Gasteiger partial charge in [-0.1, -0.05) is 12.1 Å². The highest BCUT2D eigenvalue weighted by Gasteiger charge is 2.19. The quantitative estimate of drug-likeness (QED) is 0.691. The number of carbonyl (C=O) groups excluding carboxylic acids is 2. The molecule has 7 heteroatoms. The van der Waals surface area contributed by atoms with E-state index in [1.54, 1.807) is 29.9 Å². The second-order valence-electron chi connectivity index (χ2n) is 6.00. The molecule has 2 heterocycles. The first-order chi connectivity index (χ1) is 12.5. The Labute approximate surface area is 151 Å². The molecule has 2 amide bonds. The van der Waals surface area contributed by atoms with Crippen LogP contribution in [0.2, 0.25) is 0 Å². The number of furan rings is 1. The summed E-state index contributed by atoms with van der Waals surface area (Å²) in [4.78, 5) is 24.2. The summed E-state index contributed by atoms with van der Waals surface area (Å²) in [5.74, 6) is -0.0928. The monoisotopic (exact) mass is 352 g/mol. The van der Waals surface area contributed by atoms with Gasteiger partial charge in [0.1, 0.15) is 11.5 Å². The van der Waals surface area contributed by atoms with Crippen molar-refractivity contribution >= 4 is 17.5 Å². The Morgan fingerprint density at radius 3 is 2.73 bits per heavy atom. The zero-order chi connectivity index (χ0) is 18.5. The topological polar surface area (TPSA) is 89.2 Å². The Bertz CT molecular complexity index is 899. The molecule has 134 valence electrons. The molecule has 0 aliphatic rings. The number of carbonyl (C=O) groups is 2. The van der Waals surface area contributed by atoms with Crippen LogP contribution in [-0.2, 0) is 16.1 Å². The minimum atomic E-state index is -0.726. The minimum Gasteiger partial charge on any atom is -0.464 e. The van der Waals surface area contributed by atoms with Gasteiger partial charge in [0.2, 0.25) is 0 Å². The minimum absolute atomic E-state index is 0.395. The highest BCUT2D eigenvalue weighted by atomic mass is 16.3. The van der Waals surface area contributed by atoms with Crippen LogP contribution in [0.3, 0.4) is 0 Å². The Morgan fingerprint density at radius 2 is 2.04 bits per heavy atom. The first-order valence-corrected chi connectivity index (χ1v) is 8.26. The van der Waals surface area contributed by atoms with Gasteiger partial charge in [-0.3, -0.25) is 14.3 Å². The summed E-state index contributed by atoms with van der Waals surface area (Å²) in [6, 6.07) is 12.3. The standard InChI is InChI=1S/C19H20N4O3/c1-13-7-8-17(26-13)14(2)21-18(24)19(25)22-16-6-3-5-15(11-16)12-23-10-4-9-20-23/h3-11,14H,12H2,1-2H3,(H,21,24)(H,22,25)/t14-/m0/s1. The summed E-state index contributed by atoms with van der Waals surface area (Å²) in [5.41, 5.74) is 1.52. The van der Waals surface area contributed by atoms with E-state index in [9.17, 15) is 9.59 Å². The van der Waals surface area contributed by atoms with Gasteiger partial charge >= 0.3 is 11.8 Å². The van der Waals surface area contributed by atoms with Crippen LogP contribution >= 0.6 is 0 Å². The molecule has 0 saturated heterocycles. The summed E-state index contributed by atoms with van der Waals surface area (Å²) in [6.45, 7) is 4.16. The fraction of sp³-hybridized carbons (Fsp3) is 0.211. The van der Waals surface area contributed by atoms with Crippen LogP contribution in [0.5, 0.6) is 0 Å². The van der Waals surface area contributed by atoms with Crippen LogP contribution in [0.25, 0.3) is 0 Å². The molecule has 0 bridgehead atoms. The van der Waals surface area contributed by atoms with Gasteiger partial charge in [-0.25, -0.2) is 0 Å². The molecular weight excluding hydrogens is 332 g/mol. The third-order valence-electron chi connectivity index (χ3n) is 3.83. The Kier molecular flexibility index (Phi) is 5.17. The second kappa shape index (κ2) is 7.69. The van der Waals surface area contributed by atoms with Gasteiger partial charge in [0.25, 0.3) is 0 Å². The van der Waals surface area contributed by atoms with Gasteiger partial charge in [-0.15, -0.1) is 0 Å². The molecule has 0 unspecified atom stereocenters. The number of amides is 2. The predicted molar refractivity (Wildman–Crippen MR) is 96.4 cm³/mol. The van der Waals surface area contributed by atoms with Crippen LogP contribution in [-0.4, -0.2) is 21.6 Å². The van der Waals surface area contributed by atoms with E-state index >= 15 is 0 Å². The van der Waals surface area contributed by atoms with Gasteiger partial charge < -0.3 is 15.1 Å². The van der Waals surface area contributed by atoms with E-state index in [0.717, 1.165) is 11.3 Å². The highest BCUT2D eigenvalue weighted by Crippen LogP contribution is 2.16. The molecule has 0 fully saturated rings. The molecule has 2 aromatic heterocycles. The van der Waals surface area contributed by atoms with Crippen molar-refractivity contribution in [2.45, 2.75) is 26.4 Å².